The molecule has 2 rings (SSSR count). The fourth-order valence-electron chi connectivity index (χ4n) is 1.37. The average Bonchev–Trinajstić information content (AvgIpc) is 2.64. The molecule has 0 aliphatic carbocycles. The summed E-state index contributed by atoms with van der Waals surface area (Å²) >= 11 is 0. The molecule has 0 bridgehead atoms. The number of hydrogen-bond donors (Lipinski definition) is 0. The highest BCUT2D eigenvalue weighted by atomic mass is 15.2. The standard InChI is InChI=1S/C11H15N3/c1-4-11(2,3)9-6-8-14-10(13-9)5-7-12-14/h5-8H,4H2,1-3H3. The number of nitrogens with zero attached hydrogens (tertiary/aromatic N) is 3. The predicted molar refractivity (Wildman–Crippen MR) is 56.3 cm³/mol. The molecular formula is C11H15N3. The molecule has 0 aromatic carbocycles. The van der Waals surface area contributed by atoms with Crippen molar-refractivity contribution >= 4 is 5.65 Å². The first-order chi connectivity index (χ1) is 6.63. The second-order valence-corrected chi connectivity index (χ2v) is 4.18. The molecular weight excluding hydrogens is 174 g/mol. The molecule has 0 aliphatic heterocycles. The van der Waals surface area contributed by atoms with Crippen LogP contribution in [0.2, 0.25) is 0 Å². The molecule has 0 radical (unpaired) electrons. The van der Waals surface area contributed by atoms with E-state index in [1.54, 1.807) is 10.7 Å². The Bertz CT molecular complexity index is 442. The maximum Gasteiger partial charge on any atom is 0.155 e. The quantitative estimate of drug-likeness (QED) is 0.726. The van der Waals surface area contributed by atoms with E-state index in [4.69, 9.17) is 0 Å². The SMILES string of the molecule is CCC(C)(C)c1ccn2nccc2n1. The molecule has 2 heterocycles. The van der Waals surface area contributed by atoms with Gasteiger partial charge in [-0.05, 0) is 12.5 Å². The van der Waals surface area contributed by atoms with Crippen LogP contribution in [0.1, 0.15) is 32.9 Å². The molecule has 2 aromatic rings. The highest BCUT2D eigenvalue weighted by molar-refractivity contribution is 5.37. The Kier molecular flexibility index (Phi) is 2.02. The third-order valence-electron chi connectivity index (χ3n) is 2.84. The van der Waals surface area contributed by atoms with E-state index in [0.29, 0.717) is 0 Å². The fourth-order valence-corrected chi connectivity index (χ4v) is 1.37. The molecule has 2 aromatic heterocycles. The Morgan fingerprint density at radius 1 is 1.36 bits per heavy atom. The Labute approximate surface area is 83.8 Å². The maximum absolute atomic E-state index is 4.58. The lowest BCUT2D eigenvalue weighted by molar-refractivity contribution is 0.490. The van der Waals surface area contributed by atoms with Crippen molar-refractivity contribution in [2.45, 2.75) is 32.6 Å². The zero-order chi connectivity index (χ0) is 10.2. The molecule has 0 unspecified atom stereocenters. The van der Waals surface area contributed by atoms with E-state index in [1.165, 1.54) is 0 Å². The minimum atomic E-state index is 0.145. The van der Waals surface area contributed by atoms with Gasteiger partial charge in [0.25, 0.3) is 0 Å². The first-order valence-corrected chi connectivity index (χ1v) is 4.94. The van der Waals surface area contributed by atoms with Crippen molar-refractivity contribution in [3.05, 3.63) is 30.2 Å². The summed E-state index contributed by atoms with van der Waals surface area (Å²) in [6.45, 7) is 6.60. The fraction of sp³-hybridized carbons (Fsp3) is 0.455. The second-order valence-electron chi connectivity index (χ2n) is 4.18. The van der Waals surface area contributed by atoms with Gasteiger partial charge >= 0.3 is 0 Å². The third-order valence-corrected chi connectivity index (χ3v) is 2.84. The largest absolute Gasteiger partial charge is 0.233 e. The molecule has 0 amide bonds. The number of aromatic nitrogens is 3. The summed E-state index contributed by atoms with van der Waals surface area (Å²) in [7, 11) is 0. The lowest BCUT2D eigenvalue weighted by atomic mass is 9.86. The van der Waals surface area contributed by atoms with Gasteiger partial charge in [0.15, 0.2) is 5.65 Å². The van der Waals surface area contributed by atoms with Gasteiger partial charge in [0.1, 0.15) is 0 Å². The first-order valence-electron chi connectivity index (χ1n) is 4.94. The number of hydrogen-bond acceptors (Lipinski definition) is 2. The minimum absolute atomic E-state index is 0.145. The van der Waals surface area contributed by atoms with Gasteiger partial charge in [0.05, 0.1) is 11.9 Å². The van der Waals surface area contributed by atoms with Crippen LogP contribution in [0, 0.1) is 0 Å². The van der Waals surface area contributed by atoms with E-state index in [9.17, 15) is 0 Å². The van der Waals surface area contributed by atoms with Crippen molar-refractivity contribution in [2.24, 2.45) is 0 Å². The van der Waals surface area contributed by atoms with Crippen LogP contribution < -0.4 is 0 Å². The summed E-state index contributed by atoms with van der Waals surface area (Å²) in [4.78, 5) is 4.58. The molecule has 0 spiro atoms. The van der Waals surface area contributed by atoms with E-state index in [-0.39, 0.29) is 5.41 Å². The lowest BCUT2D eigenvalue weighted by Gasteiger charge is -2.21. The van der Waals surface area contributed by atoms with E-state index >= 15 is 0 Å². The van der Waals surface area contributed by atoms with E-state index in [0.717, 1.165) is 17.8 Å². The zero-order valence-corrected chi connectivity index (χ0v) is 8.86. The van der Waals surface area contributed by atoms with Gasteiger partial charge < -0.3 is 0 Å². The summed E-state index contributed by atoms with van der Waals surface area (Å²) in [6.07, 6.45) is 4.82. The summed E-state index contributed by atoms with van der Waals surface area (Å²) in [5.41, 5.74) is 2.20. The number of rotatable bonds is 2. The number of fused-ring (bicyclic) bond motifs is 1. The van der Waals surface area contributed by atoms with Gasteiger partial charge in [0.2, 0.25) is 0 Å². The first kappa shape index (κ1) is 9.19. The van der Waals surface area contributed by atoms with Crippen LogP contribution in [0.5, 0.6) is 0 Å². The summed E-state index contributed by atoms with van der Waals surface area (Å²) < 4.78 is 1.79. The van der Waals surface area contributed by atoms with E-state index in [2.05, 4.69) is 30.9 Å². The van der Waals surface area contributed by atoms with Gasteiger partial charge in [0, 0.05) is 17.7 Å². The van der Waals surface area contributed by atoms with Crippen LogP contribution >= 0.6 is 0 Å². The van der Waals surface area contributed by atoms with E-state index < -0.39 is 0 Å². The van der Waals surface area contributed by atoms with E-state index in [1.807, 2.05) is 18.3 Å². The molecule has 0 saturated carbocycles. The highest BCUT2D eigenvalue weighted by Gasteiger charge is 2.19. The Balaban J connectivity index is 2.53. The highest BCUT2D eigenvalue weighted by Crippen LogP contribution is 2.24. The molecule has 0 aliphatic rings. The van der Waals surface area contributed by atoms with Crippen LogP contribution in [0.25, 0.3) is 5.65 Å². The van der Waals surface area contributed by atoms with Gasteiger partial charge in [-0.15, -0.1) is 0 Å². The van der Waals surface area contributed by atoms with Crippen LogP contribution in [-0.4, -0.2) is 14.6 Å². The summed E-state index contributed by atoms with van der Waals surface area (Å²) in [5, 5.41) is 4.12. The molecule has 14 heavy (non-hydrogen) atoms. The zero-order valence-electron chi connectivity index (χ0n) is 8.86. The molecule has 0 atom stereocenters. The van der Waals surface area contributed by atoms with Gasteiger partial charge in [-0.2, -0.15) is 5.10 Å². The van der Waals surface area contributed by atoms with Crippen molar-refractivity contribution in [2.75, 3.05) is 0 Å². The summed E-state index contributed by atoms with van der Waals surface area (Å²) in [6, 6.07) is 3.97. The van der Waals surface area contributed by atoms with Crippen LogP contribution in [0.4, 0.5) is 0 Å². The Morgan fingerprint density at radius 2 is 2.14 bits per heavy atom. The predicted octanol–water partition coefficient (Wildman–Crippen LogP) is 2.42. The van der Waals surface area contributed by atoms with Crippen molar-refractivity contribution in [1.29, 1.82) is 0 Å². The molecule has 0 N–H and O–H groups in total. The van der Waals surface area contributed by atoms with Crippen molar-refractivity contribution in [1.82, 2.24) is 14.6 Å². The molecule has 74 valence electrons. The monoisotopic (exact) mass is 189 g/mol. The summed E-state index contributed by atoms with van der Waals surface area (Å²) in [5.74, 6) is 0. The van der Waals surface area contributed by atoms with Crippen LogP contribution in [-0.2, 0) is 5.41 Å². The van der Waals surface area contributed by atoms with Crippen LogP contribution in [0.15, 0.2) is 24.5 Å². The average molecular weight is 189 g/mol. The normalized spacial score (nSPS) is 12.2. The second kappa shape index (κ2) is 3.08. The lowest BCUT2D eigenvalue weighted by Crippen LogP contribution is -2.17. The van der Waals surface area contributed by atoms with Crippen molar-refractivity contribution in [3.63, 3.8) is 0 Å². The third kappa shape index (κ3) is 1.39. The van der Waals surface area contributed by atoms with Crippen molar-refractivity contribution < 1.29 is 0 Å². The topological polar surface area (TPSA) is 30.2 Å². The molecule has 0 saturated heterocycles. The molecule has 3 heteroatoms. The molecule has 0 fully saturated rings. The van der Waals surface area contributed by atoms with Gasteiger partial charge in [-0.25, -0.2) is 9.50 Å². The van der Waals surface area contributed by atoms with Crippen molar-refractivity contribution in [3.8, 4) is 0 Å². The minimum Gasteiger partial charge on any atom is -0.233 e. The molecule has 3 nitrogen and oxygen atoms in total. The van der Waals surface area contributed by atoms with Gasteiger partial charge in [-0.3, -0.25) is 0 Å². The van der Waals surface area contributed by atoms with Crippen LogP contribution in [0.3, 0.4) is 0 Å². The Hall–Kier alpha value is -1.38. The Morgan fingerprint density at radius 3 is 2.86 bits per heavy atom. The smallest absolute Gasteiger partial charge is 0.155 e. The van der Waals surface area contributed by atoms with Gasteiger partial charge in [-0.1, -0.05) is 20.8 Å². The maximum atomic E-state index is 4.58.